The predicted octanol–water partition coefficient (Wildman–Crippen LogP) is 4.47. The number of hydrogen-bond donors (Lipinski definition) is 1. The molecule has 19 heavy (non-hydrogen) atoms. The first-order valence-corrected chi connectivity index (χ1v) is 7.94. The van der Waals surface area contributed by atoms with Gasteiger partial charge in [0.1, 0.15) is 0 Å². The first-order valence-electron chi connectivity index (χ1n) is 6.90. The van der Waals surface area contributed by atoms with E-state index in [2.05, 4.69) is 66.8 Å². The number of hydrogen-bond acceptors (Lipinski definition) is 2. The van der Waals surface area contributed by atoms with Crippen LogP contribution in [0.15, 0.2) is 54.6 Å². The number of rotatable bonds is 3. The third-order valence-corrected chi connectivity index (χ3v) is 5.00. The maximum atomic E-state index is 3.68. The number of benzene rings is 2. The van der Waals surface area contributed by atoms with Gasteiger partial charge in [0.15, 0.2) is 0 Å². The van der Waals surface area contributed by atoms with Gasteiger partial charge in [-0.2, -0.15) is 0 Å². The normalized spacial score (nSPS) is 22.6. The molecule has 0 saturated carbocycles. The Kier molecular flexibility index (Phi) is 3.90. The predicted molar refractivity (Wildman–Crippen MR) is 84.3 cm³/mol. The van der Waals surface area contributed by atoms with Crippen molar-refractivity contribution in [3.8, 4) is 11.1 Å². The monoisotopic (exact) mass is 269 g/mol. The van der Waals surface area contributed by atoms with Crippen molar-refractivity contribution < 1.29 is 0 Å². The van der Waals surface area contributed by atoms with Gasteiger partial charge < -0.3 is 0 Å². The lowest BCUT2D eigenvalue weighted by molar-refractivity contribution is 0.561. The lowest BCUT2D eigenvalue weighted by Gasteiger charge is -2.13. The molecule has 0 amide bonds. The summed E-state index contributed by atoms with van der Waals surface area (Å²) in [5, 5.41) is 4.15. The molecule has 98 valence electrons. The first-order chi connectivity index (χ1) is 9.36. The molecule has 1 heterocycles. The van der Waals surface area contributed by atoms with Gasteiger partial charge in [-0.1, -0.05) is 61.5 Å². The van der Waals surface area contributed by atoms with Crippen LogP contribution in [0.5, 0.6) is 0 Å². The second-order valence-corrected chi connectivity index (χ2v) is 6.11. The molecule has 2 atom stereocenters. The fourth-order valence-electron chi connectivity index (χ4n) is 2.43. The molecule has 0 aromatic heterocycles. The van der Waals surface area contributed by atoms with Crippen molar-refractivity contribution in [3.63, 3.8) is 0 Å². The first kappa shape index (κ1) is 12.8. The molecule has 1 fully saturated rings. The molecule has 3 rings (SSSR count). The van der Waals surface area contributed by atoms with Crippen LogP contribution in [0.2, 0.25) is 0 Å². The summed E-state index contributed by atoms with van der Waals surface area (Å²) in [6, 6.07) is 20.2. The molecule has 0 bridgehead atoms. The van der Waals surface area contributed by atoms with Gasteiger partial charge in [-0.3, -0.25) is 5.32 Å². The van der Waals surface area contributed by atoms with Gasteiger partial charge in [-0.25, -0.2) is 0 Å². The second-order valence-electron chi connectivity index (χ2n) is 4.97. The maximum absolute atomic E-state index is 3.68. The Morgan fingerprint density at radius 1 is 1.00 bits per heavy atom. The summed E-state index contributed by atoms with van der Waals surface area (Å²) in [6.07, 6.45) is 1.21. The molecule has 0 aliphatic carbocycles. The van der Waals surface area contributed by atoms with Crippen LogP contribution in [0.25, 0.3) is 11.1 Å². The summed E-state index contributed by atoms with van der Waals surface area (Å²) in [7, 11) is 0. The van der Waals surface area contributed by atoms with E-state index in [4.69, 9.17) is 0 Å². The van der Waals surface area contributed by atoms with Gasteiger partial charge in [0.05, 0.1) is 5.37 Å². The number of thioether (sulfide) groups is 1. The van der Waals surface area contributed by atoms with E-state index < -0.39 is 0 Å². The third kappa shape index (κ3) is 2.85. The van der Waals surface area contributed by atoms with E-state index in [-0.39, 0.29) is 0 Å². The molecule has 2 unspecified atom stereocenters. The third-order valence-electron chi connectivity index (χ3n) is 3.66. The highest BCUT2D eigenvalue weighted by Crippen LogP contribution is 2.34. The zero-order valence-electron chi connectivity index (χ0n) is 11.2. The van der Waals surface area contributed by atoms with Crippen LogP contribution in [-0.4, -0.2) is 11.8 Å². The lowest BCUT2D eigenvalue weighted by Crippen LogP contribution is -2.24. The van der Waals surface area contributed by atoms with Crippen molar-refractivity contribution in [2.24, 2.45) is 0 Å². The van der Waals surface area contributed by atoms with Gasteiger partial charge in [0.2, 0.25) is 0 Å². The zero-order valence-corrected chi connectivity index (χ0v) is 12.0. The van der Waals surface area contributed by atoms with Crippen LogP contribution in [0.1, 0.15) is 24.3 Å². The molecule has 0 radical (unpaired) electrons. The van der Waals surface area contributed by atoms with E-state index in [1.54, 1.807) is 0 Å². The number of nitrogens with one attached hydrogen (secondary N) is 1. The van der Waals surface area contributed by atoms with Gasteiger partial charge in [0, 0.05) is 11.8 Å². The highest BCUT2D eigenvalue weighted by molar-refractivity contribution is 7.99. The molecular formula is C17H19NS. The molecule has 2 heteroatoms. The average Bonchev–Trinajstić information content (AvgIpc) is 2.97. The van der Waals surface area contributed by atoms with Crippen LogP contribution < -0.4 is 5.32 Å². The van der Waals surface area contributed by atoms with E-state index in [0.29, 0.717) is 11.4 Å². The Labute approximate surface area is 119 Å². The molecule has 1 aliphatic rings. The highest BCUT2D eigenvalue weighted by atomic mass is 32.2. The maximum Gasteiger partial charge on any atom is 0.0792 e. The molecule has 2 aromatic carbocycles. The second kappa shape index (κ2) is 5.81. The van der Waals surface area contributed by atoms with Crippen LogP contribution in [-0.2, 0) is 0 Å². The van der Waals surface area contributed by atoms with Crippen molar-refractivity contribution in [3.05, 3.63) is 60.2 Å². The Morgan fingerprint density at radius 2 is 1.68 bits per heavy atom. The minimum absolute atomic E-state index is 0.467. The van der Waals surface area contributed by atoms with Crippen LogP contribution in [0, 0.1) is 0 Å². The molecule has 1 N–H and O–H groups in total. The van der Waals surface area contributed by atoms with Gasteiger partial charge >= 0.3 is 0 Å². The zero-order chi connectivity index (χ0) is 13.1. The lowest BCUT2D eigenvalue weighted by atomic mass is 10.0. The minimum atomic E-state index is 0.467. The van der Waals surface area contributed by atoms with Crippen molar-refractivity contribution in [2.45, 2.75) is 24.8 Å². The molecule has 0 spiro atoms. The van der Waals surface area contributed by atoms with E-state index in [9.17, 15) is 0 Å². The van der Waals surface area contributed by atoms with E-state index in [1.165, 1.54) is 28.9 Å². The van der Waals surface area contributed by atoms with E-state index in [1.807, 2.05) is 11.8 Å². The van der Waals surface area contributed by atoms with Crippen LogP contribution in [0.3, 0.4) is 0 Å². The van der Waals surface area contributed by atoms with Gasteiger partial charge in [-0.05, 0) is 23.1 Å². The smallest absolute Gasteiger partial charge is 0.0792 e. The van der Waals surface area contributed by atoms with Crippen LogP contribution in [0.4, 0.5) is 0 Å². The summed E-state index contributed by atoms with van der Waals surface area (Å²) in [5.41, 5.74) is 3.97. The SMILES string of the molecule is CCC1CSC(c2ccc(-c3ccccc3)cc2)N1. The summed E-state index contributed by atoms with van der Waals surface area (Å²) in [4.78, 5) is 0. The molecule has 1 aliphatic heterocycles. The molecule has 2 aromatic rings. The Hall–Kier alpha value is -1.25. The fourth-order valence-corrected chi connectivity index (χ4v) is 3.83. The van der Waals surface area contributed by atoms with E-state index >= 15 is 0 Å². The summed E-state index contributed by atoms with van der Waals surface area (Å²) >= 11 is 2.02. The van der Waals surface area contributed by atoms with E-state index in [0.717, 1.165) is 0 Å². The van der Waals surface area contributed by atoms with Gasteiger partial charge in [-0.15, -0.1) is 11.8 Å². The quantitative estimate of drug-likeness (QED) is 0.882. The van der Waals surface area contributed by atoms with Crippen molar-refractivity contribution in [2.75, 3.05) is 5.75 Å². The Morgan fingerprint density at radius 3 is 2.32 bits per heavy atom. The molecular weight excluding hydrogens is 250 g/mol. The largest absolute Gasteiger partial charge is 0.298 e. The topological polar surface area (TPSA) is 12.0 Å². The van der Waals surface area contributed by atoms with Crippen molar-refractivity contribution in [1.29, 1.82) is 0 Å². The summed E-state index contributed by atoms with van der Waals surface area (Å²) in [5.74, 6) is 1.22. The molecule has 1 nitrogen and oxygen atoms in total. The Bertz CT molecular complexity index is 521. The summed E-state index contributed by atoms with van der Waals surface area (Å²) < 4.78 is 0. The van der Waals surface area contributed by atoms with Crippen molar-refractivity contribution in [1.82, 2.24) is 5.32 Å². The van der Waals surface area contributed by atoms with Crippen LogP contribution >= 0.6 is 11.8 Å². The Balaban J connectivity index is 1.76. The summed E-state index contributed by atoms with van der Waals surface area (Å²) in [6.45, 7) is 2.25. The standard InChI is InChI=1S/C17H19NS/c1-2-16-12-19-17(18-16)15-10-8-14(9-11-15)13-6-4-3-5-7-13/h3-11,16-18H,2,12H2,1H3. The van der Waals surface area contributed by atoms with Gasteiger partial charge in [0.25, 0.3) is 0 Å². The molecule has 1 saturated heterocycles. The van der Waals surface area contributed by atoms with Crippen molar-refractivity contribution >= 4 is 11.8 Å². The highest BCUT2D eigenvalue weighted by Gasteiger charge is 2.23. The average molecular weight is 269 g/mol. The minimum Gasteiger partial charge on any atom is -0.298 e. The fraction of sp³-hybridized carbons (Fsp3) is 0.294.